The molecule has 6 nitrogen and oxygen atoms in total. The first-order valence-electron chi connectivity index (χ1n) is 8.54. The fraction of sp³-hybridized carbons (Fsp3) is 0.316. The molecule has 0 bridgehead atoms. The van der Waals surface area contributed by atoms with Crippen LogP contribution in [0.1, 0.15) is 32.4 Å². The maximum absolute atomic E-state index is 13.0. The molecule has 8 heteroatoms. The van der Waals surface area contributed by atoms with Gasteiger partial charge in [-0.05, 0) is 62.7 Å². The third kappa shape index (κ3) is 5.77. The number of sulfonamides is 1. The van der Waals surface area contributed by atoms with Gasteiger partial charge in [0.1, 0.15) is 11.6 Å². The second-order valence-corrected chi connectivity index (χ2v) is 7.74. The molecule has 0 saturated carbocycles. The lowest BCUT2D eigenvalue weighted by atomic mass is 10.1. The Morgan fingerprint density at radius 1 is 1.07 bits per heavy atom. The van der Waals surface area contributed by atoms with Gasteiger partial charge in [0, 0.05) is 0 Å². The lowest BCUT2D eigenvalue weighted by Crippen LogP contribution is -2.45. The Morgan fingerprint density at radius 2 is 1.67 bits per heavy atom. The minimum atomic E-state index is -3.86. The molecule has 0 unspecified atom stereocenters. The van der Waals surface area contributed by atoms with Crippen molar-refractivity contribution >= 4 is 15.9 Å². The van der Waals surface area contributed by atoms with E-state index in [1.807, 2.05) is 6.92 Å². The number of halogens is 1. The van der Waals surface area contributed by atoms with Gasteiger partial charge in [-0.1, -0.05) is 12.1 Å². The van der Waals surface area contributed by atoms with Gasteiger partial charge in [-0.25, -0.2) is 12.8 Å². The van der Waals surface area contributed by atoms with E-state index in [4.69, 9.17) is 4.74 Å². The minimum absolute atomic E-state index is 0.0391. The van der Waals surface area contributed by atoms with Crippen LogP contribution in [0.3, 0.4) is 0 Å². The van der Waals surface area contributed by atoms with E-state index in [0.717, 1.165) is 0 Å². The number of carbonyl (C=O) groups excluding carboxylic acids is 1. The van der Waals surface area contributed by atoms with Crippen molar-refractivity contribution in [3.05, 3.63) is 59.9 Å². The Kier molecular flexibility index (Phi) is 6.92. The van der Waals surface area contributed by atoms with Crippen molar-refractivity contribution in [1.82, 2.24) is 10.0 Å². The van der Waals surface area contributed by atoms with Crippen LogP contribution in [-0.4, -0.2) is 27.0 Å². The highest BCUT2D eigenvalue weighted by atomic mass is 32.2. The smallest absolute Gasteiger partial charge is 0.241 e. The van der Waals surface area contributed by atoms with Crippen LogP contribution in [-0.2, 0) is 14.8 Å². The van der Waals surface area contributed by atoms with Crippen LogP contribution in [0.5, 0.6) is 5.75 Å². The highest BCUT2D eigenvalue weighted by molar-refractivity contribution is 7.89. The molecule has 0 saturated heterocycles. The van der Waals surface area contributed by atoms with Gasteiger partial charge >= 0.3 is 0 Å². The van der Waals surface area contributed by atoms with E-state index >= 15 is 0 Å². The molecule has 0 heterocycles. The maximum Gasteiger partial charge on any atom is 0.241 e. The summed E-state index contributed by atoms with van der Waals surface area (Å²) >= 11 is 0. The Hall–Kier alpha value is -2.45. The molecule has 1 amide bonds. The van der Waals surface area contributed by atoms with E-state index in [9.17, 15) is 17.6 Å². The van der Waals surface area contributed by atoms with Crippen molar-refractivity contribution in [2.75, 3.05) is 6.61 Å². The largest absolute Gasteiger partial charge is 0.494 e. The molecule has 146 valence electrons. The van der Waals surface area contributed by atoms with Crippen LogP contribution in [0.4, 0.5) is 4.39 Å². The molecule has 27 heavy (non-hydrogen) atoms. The highest BCUT2D eigenvalue weighted by Gasteiger charge is 2.23. The van der Waals surface area contributed by atoms with Crippen molar-refractivity contribution < 1.29 is 22.3 Å². The van der Waals surface area contributed by atoms with E-state index in [0.29, 0.717) is 17.9 Å². The van der Waals surface area contributed by atoms with Crippen molar-refractivity contribution in [3.8, 4) is 5.75 Å². The first kappa shape index (κ1) is 20.9. The summed E-state index contributed by atoms with van der Waals surface area (Å²) in [6, 6.07) is 10.3. The monoisotopic (exact) mass is 394 g/mol. The van der Waals surface area contributed by atoms with Crippen molar-refractivity contribution in [2.24, 2.45) is 0 Å². The fourth-order valence-corrected chi connectivity index (χ4v) is 3.61. The quantitative estimate of drug-likeness (QED) is 0.721. The van der Waals surface area contributed by atoms with Crippen LogP contribution in [0.25, 0.3) is 0 Å². The number of benzene rings is 2. The van der Waals surface area contributed by atoms with E-state index in [1.54, 1.807) is 31.2 Å². The lowest BCUT2D eigenvalue weighted by Gasteiger charge is -2.19. The summed E-state index contributed by atoms with van der Waals surface area (Å²) in [6.45, 7) is 5.50. The van der Waals surface area contributed by atoms with Crippen LogP contribution >= 0.6 is 0 Å². The molecule has 2 rings (SSSR count). The van der Waals surface area contributed by atoms with Gasteiger partial charge in [-0.15, -0.1) is 0 Å². The first-order valence-corrected chi connectivity index (χ1v) is 10.0. The number of amides is 1. The zero-order chi connectivity index (χ0) is 20.0. The van der Waals surface area contributed by atoms with Gasteiger partial charge in [0.05, 0.1) is 23.6 Å². The molecule has 2 atom stereocenters. The predicted octanol–water partition coefficient (Wildman–Crippen LogP) is 2.77. The predicted molar refractivity (Wildman–Crippen MR) is 100 cm³/mol. The van der Waals surface area contributed by atoms with Gasteiger partial charge < -0.3 is 10.1 Å². The summed E-state index contributed by atoms with van der Waals surface area (Å²) in [7, 11) is -3.86. The molecular formula is C19H23FN2O4S. The molecule has 0 aromatic heterocycles. The molecule has 2 aromatic carbocycles. The van der Waals surface area contributed by atoms with Gasteiger partial charge in [0.2, 0.25) is 15.9 Å². The number of carbonyl (C=O) groups is 1. The number of hydrogen-bond donors (Lipinski definition) is 2. The lowest BCUT2D eigenvalue weighted by molar-refractivity contribution is -0.123. The van der Waals surface area contributed by atoms with Crippen molar-refractivity contribution in [3.63, 3.8) is 0 Å². The van der Waals surface area contributed by atoms with Gasteiger partial charge in [-0.2, -0.15) is 4.72 Å². The SMILES string of the molecule is CCOc1ccc(S(=O)(=O)N[C@@H](C)C(=O)N[C@@H](C)c2ccc(F)cc2)cc1. The van der Waals surface area contributed by atoms with Crippen LogP contribution < -0.4 is 14.8 Å². The third-order valence-electron chi connectivity index (χ3n) is 3.90. The van der Waals surface area contributed by atoms with Crippen LogP contribution in [0.2, 0.25) is 0 Å². The summed E-state index contributed by atoms with van der Waals surface area (Å²) in [5.74, 6) is -0.287. The van der Waals surface area contributed by atoms with Crippen LogP contribution in [0.15, 0.2) is 53.4 Å². The third-order valence-corrected chi connectivity index (χ3v) is 5.46. The number of hydrogen-bond acceptors (Lipinski definition) is 4. The molecule has 2 aromatic rings. The summed E-state index contributed by atoms with van der Waals surface area (Å²) in [6.07, 6.45) is 0. The minimum Gasteiger partial charge on any atom is -0.494 e. The van der Waals surface area contributed by atoms with Crippen molar-refractivity contribution in [1.29, 1.82) is 0 Å². The topological polar surface area (TPSA) is 84.5 Å². The summed E-state index contributed by atoms with van der Waals surface area (Å²) in [4.78, 5) is 12.3. The Morgan fingerprint density at radius 3 is 2.22 bits per heavy atom. The number of rotatable bonds is 8. The molecule has 0 aliphatic heterocycles. The molecule has 0 spiro atoms. The summed E-state index contributed by atoms with van der Waals surface area (Å²) < 4.78 is 45.5. The Balaban J connectivity index is 2.00. The Bertz CT molecular complexity index is 868. The van der Waals surface area contributed by atoms with E-state index in [-0.39, 0.29) is 10.7 Å². The van der Waals surface area contributed by atoms with E-state index in [2.05, 4.69) is 10.0 Å². The molecule has 0 radical (unpaired) electrons. The number of nitrogens with one attached hydrogen (secondary N) is 2. The fourth-order valence-electron chi connectivity index (χ4n) is 2.41. The second kappa shape index (κ2) is 8.96. The summed E-state index contributed by atoms with van der Waals surface area (Å²) in [5, 5.41) is 2.71. The van der Waals surface area contributed by atoms with Gasteiger partial charge in [0.15, 0.2) is 0 Å². The van der Waals surface area contributed by atoms with Gasteiger partial charge in [-0.3, -0.25) is 4.79 Å². The molecule has 2 N–H and O–H groups in total. The van der Waals surface area contributed by atoms with Crippen molar-refractivity contribution in [2.45, 2.75) is 37.8 Å². The van der Waals surface area contributed by atoms with Crippen LogP contribution in [0, 0.1) is 5.82 Å². The average Bonchev–Trinajstić information content (AvgIpc) is 2.62. The zero-order valence-corrected chi connectivity index (χ0v) is 16.2. The zero-order valence-electron chi connectivity index (χ0n) is 15.4. The first-order chi connectivity index (χ1) is 12.7. The summed E-state index contributed by atoms with van der Waals surface area (Å²) in [5.41, 5.74) is 0.714. The van der Waals surface area contributed by atoms with E-state index in [1.165, 1.54) is 31.2 Å². The highest BCUT2D eigenvalue weighted by Crippen LogP contribution is 2.17. The normalized spacial score (nSPS) is 13.6. The van der Waals surface area contributed by atoms with Gasteiger partial charge in [0.25, 0.3) is 0 Å². The second-order valence-electron chi connectivity index (χ2n) is 6.03. The van der Waals surface area contributed by atoms with E-state index < -0.39 is 28.0 Å². The molecule has 0 aliphatic rings. The Labute approximate surface area is 158 Å². The maximum atomic E-state index is 13.0. The standard InChI is InChI=1S/C19H23FN2O4S/c1-4-26-17-9-11-18(12-10-17)27(24,25)22-14(3)19(23)21-13(2)15-5-7-16(20)8-6-15/h5-14,22H,4H2,1-3H3,(H,21,23)/t13-,14-/m0/s1. The number of ether oxygens (including phenoxy) is 1. The molecule has 0 aliphatic carbocycles. The average molecular weight is 394 g/mol. The molecular weight excluding hydrogens is 371 g/mol. The molecule has 0 fully saturated rings.